The van der Waals surface area contributed by atoms with Crippen molar-refractivity contribution in [2.45, 2.75) is 44.9 Å². The van der Waals surface area contributed by atoms with E-state index in [1.807, 2.05) is 32.2 Å². The molecule has 0 saturated heterocycles. The Morgan fingerprint density at radius 1 is 1.41 bits per heavy atom. The van der Waals surface area contributed by atoms with Crippen molar-refractivity contribution in [3.05, 3.63) is 29.6 Å². The molecule has 0 radical (unpaired) electrons. The largest absolute Gasteiger partial charge is 0.465 e. The number of aromatic nitrogens is 1. The molecule has 1 aliphatic carbocycles. The average molecular weight is 233 g/mol. The van der Waals surface area contributed by atoms with Crippen molar-refractivity contribution < 1.29 is 9.53 Å². The first-order valence-electron chi connectivity index (χ1n) is 6.29. The van der Waals surface area contributed by atoms with Crippen LogP contribution in [-0.4, -0.2) is 17.6 Å². The van der Waals surface area contributed by atoms with Crippen LogP contribution in [0.3, 0.4) is 0 Å². The molecule has 92 valence electrons. The minimum absolute atomic E-state index is 0.103. The van der Waals surface area contributed by atoms with Gasteiger partial charge in [-0.25, -0.2) is 0 Å². The van der Waals surface area contributed by atoms with Gasteiger partial charge in [0.2, 0.25) is 0 Å². The summed E-state index contributed by atoms with van der Waals surface area (Å²) in [7, 11) is 0. The Morgan fingerprint density at radius 2 is 2.12 bits per heavy atom. The van der Waals surface area contributed by atoms with Crippen molar-refractivity contribution in [3.63, 3.8) is 0 Å². The third kappa shape index (κ3) is 2.19. The number of carbonyl (C=O) groups excluding carboxylic acids is 1. The molecular formula is C14H19NO2. The van der Waals surface area contributed by atoms with Gasteiger partial charge < -0.3 is 4.74 Å². The Balaban J connectivity index is 2.34. The molecule has 17 heavy (non-hydrogen) atoms. The van der Waals surface area contributed by atoms with Gasteiger partial charge in [0.05, 0.1) is 12.3 Å². The predicted octanol–water partition coefficient (Wildman–Crippen LogP) is 2.76. The summed E-state index contributed by atoms with van der Waals surface area (Å²) in [6.07, 6.45) is 5.71. The second-order valence-electron chi connectivity index (χ2n) is 4.73. The van der Waals surface area contributed by atoms with E-state index in [0.29, 0.717) is 6.61 Å². The molecule has 1 saturated carbocycles. The quantitative estimate of drug-likeness (QED) is 0.753. The zero-order valence-corrected chi connectivity index (χ0v) is 10.5. The lowest BCUT2D eigenvalue weighted by Gasteiger charge is -2.25. The number of pyridine rings is 1. The van der Waals surface area contributed by atoms with Crippen molar-refractivity contribution >= 4 is 5.97 Å². The normalized spacial score (nSPS) is 18.0. The van der Waals surface area contributed by atoms with Crippen molar-refractivity contribution in [2.24, 2.45) is 0 Å². The zero-order chi connectivity index (χ0) is 12.3. The van der Waals surface area contributed by atoms with Crippen LogP contribution < -0.4 is 0 Å². The third-order valence-electron chi connectivity index (χ3n) is 3.52. The van der Waals surface area contributed by atoms with Gasteiger partial charge in [-0.3, -0.25) is 9.78 Å². The Bertz CT molecular complexity index is 391. The minimum Gasteiger partial charge on any atom is -0.465 e. The van der Waals surface area contributed by atoms with Gasteiger partial charge in [-0.05, 0) is 38.3 Å². The molecule has 1 aromatic rings. The van der Waals surface area contributed by atoms with E-state index in [0.717, 1.165) is 36.9 Å². The number of esters is 1. The summed E-state index contributed by atoms with van der Waals surface area (Å²) in [6.45, 7) is 4.29. The summed E-state index contributed by atoms with van der Waals surface area (Å²) in [5.41, 5.74) is 1.51. The van der Waals surface area contributed by atoms with Crippen molar-refractivity contribution in [3.8, 4) is 0 Å². The molecule has 0 aliphatic heterocycles. The highest BCUT2D eigenvalue weighted by atomic mass is 16.5. The van der Waals surface area contributed by atoms with E-state index in [9.17, 15) is 4.79 Å². The fraction of sp³-hybridized carbons (Fsp3) is 0.571. The molecule has 1 heterocycles. The van der Waals surface area contributed by atoms with Gasteiger partial charge in [0.1, 0.15) is 5.41 Å². The lowest BCUT2D eigenvalue weighted by Crippen LogP contribution is -2.35. The maximum absolute atomic E-state index is 12.2. The van der Waals surface area contributed by atoms with E-state index in [4.69, 9.17) is 4.74 Å². The van der Waals surface area contributed by atoms with E-state index in [-0.39, 0.29) is 5.97 Å². The molecule has 0 aromatic carbocycles. The molecule has 1 aliphatic rings. The van der Waals surface area contributed by atoms with Gasteiger partial charge in [-0.1, -0.05) is 18.9 Å². The molecular weight excluding hydrogens is 214 g/mol. The van der Waals surface area contributed by atoms with Crippen LogP contribution in [0, 0.1) is 6.92 Å². The number of hydrogen-bond donors (Lipinski definition) is 0. The number of hydrogen-bond acceptors (Lipinski definition) is 3. The van der Waals surface area contributed by atoms with Crippen LogP contribution in [-0.2, 0) is 14.9 Å². The van der Waals surface area contributed by atoms with Gasteiger partial charge >= 0.3 is 5.97 Å². The molecule has 3 heteroatoms. The minimum atomic E-state index is -0.482. The molecule has 2 rings (SSSR count). The smallest absolute Gasteiger partial charge is 0.318 e. The number of rotatable bonds is 3. The number of ether oxygens (including phenoxy) is 1. The molecule has 0 bridgehead atoms. The Morgan fingerprint density at radius 3 is 2.65 bits per heavy atom. The highest BCUT2D eigenvalue weighted by Crippen LogP contribution is 2.41. The number of nitrogens with zero attached hydrogens (tertiary/aromatic N) is 1. The van der Waals surface area contributed by atoms with Crippen LogP contribution in [0.15, 0.2) is 18.3 Å². The topological polar surface area (TPSA) is 39.2 Å². The van der Waals surface area contributed by atoms with Crippen LogP contribution in [0.5, 0.6) is 0 Å². The van der Waals surface area contributed by atoms with Crippen molar-refractivity contribution in [1.82, 2.24) is 4.98 Å². The van der Waals surface area contributed by atoms with Crippen LogP contribution in [0.1, 0.15) is 43.9 Å². The Kier molecular flexibility index (Phi) is 3.46. The van der Waals surface area contributed by atoms with E-state index < -0.39 is 5.41 Å². The Labute approximate surface area is 102 Å². The molecule has 0 unspecified atom stereocenters. The molecule has 0 N–H and O–H groups in total. The van der Waals surface area contributed by atoms with Crippen LogP contribution in [0.25, 0.3) is 0 Å². The fourth-order valence-corrected chi connectivity index (χ4v) is 2.56. The van der Waals surface area contributed by atoms with Crippen LogP contribution in [0.2, 0.25) is 0 Å². The lowest BCUT2D eigenvalue weighted by atomic mass is 9.82. The van der Waals surface area contributed by atoms with E-state index in [1.165, 1.54) is 0 Å². The van der Waals surface area contributed by atoms with Gasteiger partial charge in [0, 0.05) is 6.20 Å². The number of carbonyl (C=O) groups is 1. The lowest BCUT2D eigenvalue weighted by molar-refractivity contribution is -0.150. The summed E-state index contributed by atoms with van der Waals surface area (Å²) in [5, 5.41) is 0. The predicted molar refractivity (Wildman–Crippen MR) is 65.8 cm³/mol. The van der Waals surface area contributed by atoms with Gasteiger partial charge in [0.25, 0.3) is 0 Å². The highest BCUT2D eigenvalue weighted by molar-refractivity contribution is 5.83. The number of aryl methyl sites for hydroxylation is 1. The molecule has 0 amide bonds. The van der Waals surface area contributed by atoms with E-state index in [2.05, 4.69) is 4.98 Å². The monoisotopic (exact) mass is 233 g/mol. The van der Waals surface area contributed by atoms with Gasteiger partial charge in [-0.15, -0.1) is 0 Å². The summed E-state index contributed by atoms with van der Waals surface area (Å²) >= 11 is 0. The summed E-state index contributed by atoms with van der Waals surface area (Å²) in [5.74, 6) is -0.103. The second kappa shape index (κ2) is 4.86. The van der Waals surface area contributed by atoms with Crippen molar-refractivity contribution in [1.29, 1.82) is 0 Å². The average Bonchev–Trinajstić information content (AvgIpc) is 2.81. The van der Waals surface area contributed by atoms with Gasteiger partial charge in [-0.2, -0.15) is 0 Å². The zero-order valence-electron chi connectivity index (χ0n) is 10.5. The Hall–Kier alpha value is -1.38. The first-order valence-corrected chi connectivity index (χ1v) is 6.29. The van der Waals surface area contributed by atoms with E-state index in [1.54, 1.807) is 0 Å². The maximum atomic E-state index is 12.2. The SMILES string of the molecule is CCOC(=O)C1(c2ccc(C)cn2)CCCC1. The molecule has 1 aromatic heterocycles. The highest BCUT2D eigenvalue weighted by Gasteiger charge is 2.45. The van der Waals surface area contributed by atoms with E-state index >= 15 is 0 Å². The first-order chi connectivity index (χ1) is 8.19. The second-order valence-corrected chi connectivity index (χ2v) is 4.73. The third-order valence-corrected chi connectivity index (χ3v) is 3.52. The van der Waals surface area contributed by atoms with Crippen LogP contribution in [0.4, 0.5) is 0 Å². The first kappa shape index (κ1) is 12.1. The van der Waals surface area contributed by atoms with Gasteiger partial charge in [0.15, 0.2) is 0 Å². The van der Waals surface area contributed by atoms with Crippen LogP contribution >= 0.6 is 0 Å². The fourth-order valence-electron chi connectivity index (χ4n) is 2.56. The molecule has 3 nitrogen and oxygen atoms in total. The summed E-state index contributed by atoms with van der Waals surface area (Å²) in [4.78, 5) is 16.6. The summed E-state index contributed by atoms with van der Waals surface area (Å²) in [6, 6.07) is 3.99. The summed E-state index contributed by atoms with van der Waals surface area (Å²) < 4.78 is 5.23. The molecule has 0 atom stereocenters. The maximum Gasteiger partial charge on any atom is 0.318 e. The standard InChI is InChI=1S/C14H19NO2/c1-3-17-13(16)14(8-4-5-9-14)12-7-6-11(2)10-15-12/h6-7,10H,3-5,8-9H2,1-2H3. The molecule has 0 spiro atoms. The molecule has 1 fully saturated rings. The van der Waals surface area contributed by atoms with Crippen molar-refractivity contribution in [2.75, 3.05) is 6.61 Å².